The van der Waals surface area contributed by atoms with E-state index in [-0.39, 0.29) is 6.54 Å². The number of aromatic nitrogens is 1. The Kier molecular flexibility index (Phi) is 5.35. The zero-order chi connectivity index (χ0) is 14.4. The van der Waals surface area contributed by atoms with Gasteiger partial charge in [0.15, 0.2) is 0 Å². The van der Waals surface area contributed by atoms with Gasteiger partial charge in [-0.25, -0.2) is 4.98 Å². The van der Waals surface area contributed by atoms with Crippen LogP contribution in [0.25, 0.3) is 0 Å². The molecule has 0 spiro atoms. The summed E-state index contributed by atoms with van der Waals surface area (Å²) < 4.78 is 0. The van der Waals surface area contributed by atoms with Crippen molar-refractivity contribution in [2.75, 3.05) is 37.6 Å². The van der Waals surface area contributed by atoms with Gasteiger partial charge >= 0.3 is 5.97 Å². The molecule has 1 aliphatic heterocycles. The standard InChI is InChI=1S/C15H23N3O2/c1-2-17(12-15(19)20)11-13-6-9-18(10-7-13)14-5-3-4-8-16-14/h3-5,8,13H,2,6-7,9-12H2,1H3,(H,19,20). The molecule has 2 rings (SSSR count). The number of nitrogens with zero attached hydrogens (tertiary/aromatic N) is 3. The fourth-order valence-corrected chi connectivity index (χ4v) is 2.75. The second-order valence-electron chi connectivity index (χ2n) is 5.34. The maximum atomic E-state index is 10.8. The van der Waals surface area contributed by atoms with Crippen molar-refractivity contribution in [2.45, 2.75) is 19.8 Å². The molecule has 1 aromatic heterocycles. The molecular weight excluding hydrogens is 254 g/mol. The molecule has 0 amide bonds. The van der Waals surface area contributed by atoms with Crippen LogP contribution in [-0.4, -0.2) is 53.7 Å². The van der Waals surface area contributed by atoms with E-state index in [0.29, 0.717) is 5.92 Å². The molecule has 5 heteroatoms. The van der Waals surface area contributed by atoms with E-state index < -0.39 is 5.97 Å². The van der Waals surface area contributed by atoms with Crippen molar-refractivity contribution in [3.63, 3.8) is 0 Å². The van der Waals surface area contributed by atoms with Gasteiger partial charge in [-0.1, -0.05) is 13.0 Å². The quantitative estimate of drug-likeness (QED) is 0.858. The molecule has 0 unspecified atom stereocenters. The number of aliphatic carboxylic acids is 1. The highest BCUT2D eigenvalue weighted by Gasteiger charge is 2.22. The monoisotopic (exact) mass is 277 g/mol. The molecule has 1 fully saturated rings. The lowest BCUT2D eigenvalue weighted by atomic mass is 9.96. The molecule has 1 saturated heterocycles. The first-order valence-corrected chi connectivity index (χ1v) is 7.29. The Bertz CT molecular complexity index is 416. The van der Waals surface area contributed by atoms with Gasteiger partial charge < -0.3 is 10.0 Å². The first-order chi connectivity index (χ1) is 9.69. The number of piperidine rings is 1. The van der Waals surface area contributed by atoms with Crippen LogP contribution in [0.15, 0.2) is 24.4 Å². The number of hydrogen-bond acceptors (Lipinski definition) is 4. The van der Waals surface area contributed by atoms with E-state index in [0.717, 1.165) is 44.8 Å². The smallest absolute Gasteiger partial charge is 0.317 e. The van der Waals surface area contributed by atoms with Crippen molar-refractivity contribution >= 4 is 11.8 Å². The fraction of sp³-hybridized carbons (Fsp3) is 0.600. The lowest BCUT2D eigenvalue weighted by molar-refractivity contribution is -0.138. The van der Waals surface area contributed by atoms with Crippen molar-refractivity contribution in [2.24, 2.45) is 5.92 Å². The van der Waals surface area contributed by atoms with E-state index in [4.69, 9.17) is 5.11 Å². The number of likely N-dealkylation sites (N-methyl/N-ethyl adjacent to an activating group) is 1. The molecule has 0 aliphatic carbocycles. The summed E-state index contributed by atoms with van der Waals surface area (Å²) in [5.74, 6) is 0.899. The van der Waals surface area contributed by atoms with Gasteiger partial charge in [0, 0.05) is 25.8 Å². The minimum absolute atomic E-state index is 0.150. The Morgan fingerprint density at radius 1 is 1.45 bits per heavy atom. The largest absolute Gasteiger partial charge is 0.480 e. The summed E-state index contributed by atoms with van der Waals surface area (Å²) in [5.41, 5.74) is 0. The van der Waals surface area contributed by atoms with Crippen LogP contribution in [0, 0.1) is 5.92 Å². The number of anilines is 1. The number of rotatable bonds is 6. The average molecular weight is 277 g/mol. The molecule has 0 aromatic carbocycles. The molecule has 110 valence electrons. The summed E-state index contributed by atoms with van der Waals surface area (Å²) in [4.78, 5) is 19.5. The third-order valence-corrected chi connectivity index (χ3v) is 3.91. The molecule has 0 bridgehead atoms. The van der Waals surface area contributed by atoms with Crippen LogP contribution in [0.1, 0.15) is 19.8 Å². The number of hydrogen-bond donors (Lipinski definition) is 1. The van der Waals surface area contributed by atoms with Crippen molar-refractivity contribution in [3.8, 4) is 0 Å². The second-order valence-corrected chi connectivity index (χ2v) is 5.34. The number of carbonyl (C=O) groups is 1. The maximum Gasteiger partial charge on any atom is 0.317 e. The van der Waals surface area contributed by atoms with E-state index in [1.54, 1.807) is 0 Å². The third-order valence-electron chi connectivity index (χ3n) is 3.91. The second kappa shape index (κ2) is 7.24. The van der Waals surface area contributed by atoms with Crippen molar-refractivity contribution in [1.82, 2.24) is 9.88 Å². The number of carboxylic acids is 1. The Balaban J connectivity index is 1.80. The lowest BCUT2D eigenvalue weighted by Gasteiger charge is -2.34. The summed E-state index contributed by atoms with van der Waals surface area (Å²) in [6.45, 7) is 5.87. The van der Waals surface area contributed by atoms with Gasteiger partial charge in [0.2, 0.25) is 0 Å². The fourth-order valence-electron chi connectivity index (χ4n) is 2.75. The van der Waals surface area contributed by atoms with Gasteiger partial charge in [-0.2, -0.15) is 0 Å². The molecule has 0 radical (unpaired) electrons. The predicted octanol–water partition coefficient (Wildman–Crippen LogP) is 1.70. The highest BCUT2D eigenvalue weighted by atomic mass is 16.4. The molecule has 0 atom stereocenters. The van der Waals surface area contributed by atoms with Gasteiger partial charge in [0.1, 0.15) is 5.82 Å². The highest BCUT2D eigenvalue weighted by molar-refractivity contribution is 5.69. The van der Waals surface area contributed by atoms with Crippen molar-refractivity contribution < 1.29 is 9.90 Å². The van der Waals surface area contributed by atoms with Crippen LogP contribution in [0.5, 0.6) is 0 Å². The van der Waals surface area contributed by atoms with Gasteiger partial charge in [0.05, 0.1) is 6.54 Å². The zero-order valence-corrected chi connectivity index (χ0v) is 12.0. The van der Waals surface area contributed by atoms with E-state index in [9.17, 15) is 4.79 Å². The topological polar surface area (TPSA) is 56.7 Å². The van der Waals surface area contributed by atoms with E-state index in [1.165, 1.54) is 0 Å². The molecule has 1 aliphatic rings. The van der Waals surface area contributed by atoms with Crippen LogP contribution in [0.2, 0.25) is 0 Å². The summed E-state index contributed by atoms with van der Waals surface area (Å²) in [6, 6.07) is 5.99. The Labute approximate surface area is 120 Å². The molecule has 20 heavy (non-hydrogen) atoms. The first-order valence-electron chi connectivity index (χ1n) is 7.29. The molecule has 1 N–H and O–H groups in total. The minimum atomic E-state index is -0.738. The van der Waals surface area contributed by atoms with Crippen molar-refractivity contribution in [3.05, 3.63) is 24.4 Å². The van der Waals surface area contributed by atoms with Crippen LogP contribution >= 0.6 is 0 Å². The Morgan fingerprint density at radius 2 is 2.20 bits per heavy atom. The Hall–Kier alpha value is -1.62. The highest BCUT2D eigenvalue weighted by Crippen LogP contribution is 2.22. The van der Waals surface area contributed by atoms with Gasteiger partial charge in [-0.3, -0.25) is 9.69 Å². The molecule has 2 heterocycles. The van der Waals surface area contributed by atoms with Crippen molar-refractivity contribution in [1.29, 1.82) is 0 Å². The summed E-state index contributed by atoms with van der Waals surface area (Å²) in [6.07, 6.45) is 4.03. The van der Waals surface area contributed by atoms with E-state index >= 15 is 0 Å². The van der Waals surface area contributed by atoms with Crippen LogP contribution in [0.4, 0.5) is 5.82 Å². The van der Waals surface area contributed by atoms with E-state index in [2.05, 4.69) is 9.88 Å². The maximum absolute atomic E-state index is 10.8. The van der Waals surface area contributed by atoms with Crippen LogP contribution in [0.3, 0.4) is 0 Å². The molecule has 0 saturated carbocycles. The summed E-state index contributed by atoms with van der Waals surface area (Å²) >= 11 is 0. The predicted molar refractivity (Wildman–Crippen MR) is 78.9 cm³/mol. The van der Waals surface area contributed by atoms with Gasteiger partial charge in [-0.15, -0.1) is 0 Å². The normalized spacial score (nSPS) is 16.6. The third kappa shape index (κ3) is 4.20. The van der Waals surface area contributed by atoms with Crippen LogP contribution < -0.4 is 4.90 Å². The number of carboxylic acid groups (broad SMARTS) is 1. The lowest BCUT2D eigenvalue weighted by Crippen LogP contribution is -2.40. The Morgan fingerprint density at radius 3 is 2.75 bits per heavy atom. The SMILES string of the molecule is CCN(CC(=O)O)CC1CCN(c2ccccn2)CC1. The molecule has 5 nitrogen and oxygen atoms in total. The first kappa shape index (κ1) is 14.8. The molecular formula is C15H23N3O2. The summed E-state index contributed by atoms with van der Waals surface area (Å²) in [5, 5.41) is 8.88. The summed E-state index contributed by atoms with van der Waals surface area (Å²) in [7, 11) is 0. The number of pyridine rings is 1. The minimum Gasteiger partial charge on any atom is -0.480 e. The molecule has 1 aromatic rings. The average Bonchev–Trinajstić information content (AvgIpc) is 2.48. The van der Waals surface area contributed by atoms with E-state index in [1.807, 2.05) is 36.2 Å². The zero-order valence-electron chi connectivity index (χ0n) is 12.0. The van der Waals surface area contributed by atoms with Gasteiger partial charge in [-0.05, 0) is 37.4 Å². The van der Waals surface area contributed by atoms with Crippen LogP contribution in [-0.2, 0) is 4.79 Å². The van der Waals surface area contributed by atoms with Gasteiger partial charge in [0.25, 0.3) is 0 Å².